The zero-order valence-corrected chi connectivity index (χ0v) is 55.9. The van der Waals surface area contributed by atoms with Crippen molar-refractivity contribution in [2.75, 3.05) is 13.2 Å². The Morgan fingerprint density at radius 3 is 0.952 bits per heavy atom. The molecule has 1 amide bonds. The average Bonchev–Trinajstić information content (AvgIpc) is 3.49. The van der Waals surface area contributed by atoms with E-state index in [9.17, 15) is 19.8 Å². The van der Waals surface area contributed by atoms with Gasteiger partial charge in [0.2, 0.25) is 5.91 Å². The molecule has 0 spiro atoms. The van der Waals surface area contributed by atoms with E-state index in [1.807, 2.05) is 0 Å². The van der Waals surface area contributed by atoms with Crippen molar-refractivity contribution in [1.82, 2.24) is 5.32 Å². The fourth-order valence-corrected chi connectivity index (χ4v) is 11.6. The summed E-state index contributed by atoms with van der Waals surface area (Å²) in [6.07, 6.45) is 94.6. The Morgan fingerprint density at radius 1 is 0.337 bits per heavy atom. The summed E-state index contributed by atoms with van der Waals surface area (Å²) in [7, 11) is 0. The minimum Gasteiger partial charge on any atom is -0.466 e. The summed E-state index contributed by atoms with van der Waals surface area (Å²) >= 11 is 0. The fourth-order valence-electron chi connectivity index (χ4n) is 11.6. The zero-order chi connectivity index (χ0) is 59.9. The number of allylic oxidation sites excluding steroid dienone is 8. The summed E-state index contributed by atoms with van der Waals surface area (Å²) < 4.78 is 5.48. The van der Waals surface area contributed by atoms with Crippen LogP contribution in [0, 0.1) is 0 Å². The lowest BCUT2D eigenvalue weighted by atomic mass is 10.0. The van der Waals surface area contributed by atoms with Crippen LogP contribution in [0.25, 0.3) is 0 Å². The highest BCUT2D eigenvalue weighted by Crippen LogP contribution is 2.19. The number of hydrogen-bond acceptors (Lipinski definition) is 5. The lowest BCUT2D eigenvalue weighted by Crippen LogP contribution is -2.45. The van der Waals surface area contributed by atoms with Gasteiger partial charge in [-0.25, -0.2) is 0 Å². The number of nitrogens with one attached hydrogen (secondary N) is 1. The van der Waals surface area contributed by atoms with Crippen LogP contribution in [0.5, 0.6) is 0 Å². The van der Waals surface area contributed by atoms with Crippen LogP contribution < -0.4 is 5.32 Å². The molecular formula is C77H145NO5. The SMILES string of the molecule is CCCC/C=C\C/C=C\CCCCCCCC(=O)OCCCCCCCCCCC/C=C\C/C=C\CCCCCCCCCCCCCCCC(=O)NC(CO)C(O)CCCCCCCCCCCCCCCCCCCCCCCCC. The Kier molecular flexibility index (Phi) is 70.4. The minimum atomic E-state index is -0.667. The molecule has 0 aromatic heterocycles. The van der Waals surface area contributed by atoms with Crippen molar-refractivity contribution in [2.24, 2.45) is 0 Å². The van der Waals surface area contributed by atoms with Crippen LogP contribution in [-0.4, -0.2) is 47.4 Å². The number of ether oxygens (including phenoxy) is 1. The summed E-state index contributed by atoms with van der Waals surface area (Å²) in [4.78, 5) is 24.6. The fraction of sp³-hybridized carbons (Fsp3) is 0.870. The van der Waals surface area contributed by atoms with E-state index < -0.39 is 12.1 Å². The number of carbonyl (C=O) groups is 2. The van der Waals surface area contributed by atoms with Crippen molar-refractivity contribution >= 4 is 11.9 Å². The third-order valence-electron chi connectivity index (χ3n) is 17.4. The summed E-state index contributed by atoms with van der Waals surface area (Å²) in [5.41, 5.74) is 0. The maximum Gasteiger partial charge on any atom is 0.305 e. The molecule has 0 aromatic carbocycles. The lowest BCUT2D eigenvalue weighted by molar-refractivity contribution is -0.143. The van der Waals surface area contributed by atoms with E-state index in [4.69, 9.17) is 4.74 Å². The highest BCUT2D eigenvalue weighted by molar-refractivity contribution is 5.76. The van der Waals surface area contributed by atoms with Crippen molar-refractivity contribution in [3.05, 3.63) is 48.6 Å². The molecule has 0 aliphatic carbocycles. The molecule has 0 aliphatic heterocycles. The Labute approximate surface area is 518 Å². The Bertz CT molecular complexity index is 1390. The first-order valence-corrected chi connectivity index (χ1v) is 37.4. The molecule has 6 nitrogen and oxygen atoms in total. The standard InChI is InChI=1S/C77H145NO5/c1-3-5-7-9-11-13-15-17-19-20-21-22-30-33-36-39-42-45-49-53-57-61-65-69-75(80)74(73-79)78-76(81)70-66-62-58-54-50-46-43-40-37-34-31-28-26-24-23-25-27-29-32-35-38-41-44-48-52-56-60-64-68-72-83-77(82)71-67-63-59-55-51-47-18-16-14-12-10-8-6-4-2/h10,12,16,18,23,25,29,32,74-75,79-80H,3-9,11,13-15,17,19-22,24,26-28,30-31,33-73H2,1-2H3,(H,78,81)/b12-10-,18-16-,25-23-,32-29-. The van der Waals surface area contributed by atoms with E-state index in [2.05, 4.69) is 67.8 Å². The molecule has 0 bridgehead atoms. The van der Waals surface area contributed by atoms with Gasteiger partial charge in [-0.05, 0) is 83.5 Å². The molecule has 0 aromatic rings. The summed E-state index contributed by atoms with van der Waals surface area (Å²) in [6.45, 7) is 4.94. The van der Waals surface area contributed by atoms with Crippen molar-refractivity contribution in [3.63, 3.8) is 0 Å². The topological polar surface area (TPSA) is 95.9 Å². The molecule has 0 fully saturated rings. The first-order chi connectivity index (χ1) is 41.0. The Morgan fingerprint density at radius 2 is 0.614 bits per heavy atom. The Hall–Kier alpha value is -2.18. The number of rotatable bonds is 70. The van der Waals surface area contributed by atoms with Gasteiger partial charge >= 0.3 is 5.97 Å². The van der Waals surface area contributed by atoms with Crippen molar-refractivity contribution in [1.29, 1.82) is 0 Å². The van der Waals surface area contributed by atoms with Gasteiger partial charge < -0.3 is 20.3 Å². The highest BCUT2D eigenvalue weighted by atomic mass is 16.5. The summed E-state index contributed by atoms with van der Waals surface area (Å²) in [5, 5.41) is 23.5. The van der Waals surface area contributed by atoms with E-state index in [1.54, 1.807) is 0 Å². The highest BCUT2D eigenvalue weighted by Gasteiger charge is 2.20. The lowest BCUT2D eigenvalue weighted by Gasteiger charge is -2.22. The van der Waals surface area contributed by atoms with Gasteiger partial charge in [0.25, 0.3) is 0 Å². The molecular weight excluding hydrogens is 1020 g/mol. The number of aliphatic hydroxyl groups excluding tert-OH is 2. The molecule has 3 N–H and O–H groups in total. The molecule has 0 radical (unpaired) electrons. The quantitative estimate of drug-likeness (QED) is 0.0320. The van der Waals surface area contributed by atoms with E-state index >= 15 is 0 Å². The predicted octanol–water partition coefficient (Wildman–Crippen LogP) is 24.4. The average molecular weight is 1170 g/mol. The monoisotopic (exact) mass is 1160 g/mol. The van der Waals surface area contributed by atoms with Gasteiger partial charge in [-0.1, -0.05) is 358 Å². The number of carbonyl (C=O) groups excluding carboxylic acids is 2. The van der Waals surface area contributed by atoms with Gasteiger partial charge in [0.1, 0.15) is 0 Å². The third-order valence-corrected chi connectivity index (χ3v) is 17.4. The number of aliphatic hydroxyl groups is 2. The second kappa shape index (κ2) is 72.3. The molecule has 488 valence electrons. The van der Waals surface area contributed by atoms with Crippen molar-refractivity contribution in [2.45, 2.75) is 418 Å². The van der Waals surface area contributed by atoms with E-state index in [1.165, 1.54) is 315 Å². The minimum absolute atomic E-state index is 0.00233. The first kappa shape index (κ1) is 80.8. The molecule has 2 atom stereocenters. The molecule has 83 heavy (non-hydrogen) atoms. The first-order valence-electron chi connectivity index (χ1n) is 37.4. The van der Waals surface area contributed by atoms with Crippen LogP contribution in [0.3, 0.4) is 0 Å². The van der Waals surface area contributed by atoms with E-state index in [0.717, 1.165) is 57.8 Å². The molecule has 0 rings (SSSR count). The summed E-state index contributed by atoms with van der Waals surface area (Å²) in [6, 6.07) is -0.544. The van der Waals surface area contributed by atoms with Gasteiger partial charge in [0.15, 0.2) is 0 Å². The molecule has 0 saturated heterocycles. The third kappa shape index (κ3) is 68.8. The number of unbranched alkanes of at least 4 members (excludes halogenated alkanes) is 51. The van der Waals surface area contributed by atoms with E-state index in [-0.39, 0.29) is 18.5 Å². The maximum absolute atomic E-state index is 12.6. The second-order valence-electron chi connectivity index (χ2n) is 25.6. The van der Waals surface area contributed by atoms with Gasteiger partial charge in [0.05, 0.1) is 25.4 Å². The Balaban J connectivity index is 3.41. The molecule has 2 unspecified atom stereocenters. The molecule has 0 saturated carbocycles. The van der Waals surface area contributed by atoms with E-state index in [0.29, 0.717) is 25.9 Å². The smallest absolute Gasteiger partial charge is 0.305 e. The summed E-state index contributed by atoms with van der Waals surface area (Å²) in [5.74, 6) is -0.0341. The van der Waals surface area contributed by atoms with Gasteiger partial charge in [-0.2, -0.15) is 0 Å². The molecule has 6 heteroatoms. The van der Waals surface area contributed by atoms with Crippen LogP contribution in [-0.2, 0) is 14.3 Å². The molecule has 0 aliphatic rings. The van der Waals surface area contributed by atoms with Crippen LogP contribution in [0.4, 0.5) is 0 Å². The predicted molar refractivity (Wildman–Crippen MR) is 366 cm³/mol. The molecule has 0 heterocycles. The van der Waals surface area contributed by atoms with Crippen LogP contribution >= 0.6 is 0 Å². The van der Waals surface area contributed by atoms with Crippen molar-refractivity contribution in [3.8, 4) is 0 Å². The number of amides is 1. The van der Waals surface area contributed by atoms with Crippen molar-refractivity contribution < 1.29 is 24.5 Å². The van der Waals surface area contributed by atoms with Crippen LogP contribution in [0.15, 0.2) is 48.6 Å². The van der Waals surface area contributed by atoms with Crippen LogP contribution in [0.1, 0.15) is 406 Å². The van der Waals surface area contributed by atoms with Gasteiger partial charge in [0, 0.05) is 12.8 Å². The maximum atomic E-state index is 12.6. The van der Waals surface area contributed by atoms with Gasteiger partial charge in [-0.15, -0.1) is 0 Å². The normalized spacial score (nSPS) is 12.8. The number of esters is 1. The van der Waals surface area contributed by atoms with Crippen LogP contribution in [0.2, 0.25) is 0 Å². The van der Waals surface area contributed by atoms with Gasteiger partial charge in [-0.3, -0.25) is 9.59 Å². The zero-order valence-electron chi connectivity index (χ0n) is 55.9. The largest absolute Gasteiger partial charge is 0.466 e. The number of hydrogen-bond donors (Lipinski definition) is 3. The second-order valence-corrected chi connectivity index (χ2v) is 25.6.